The van der Waals surface area contributed by atoms with Crippen LogP contribution >= 0.6 is 11.3 Å². The molecule has 1 atom stereocenters. The van der Waals surface area contributed by atoms with Crippen LogP contribution in [0, 0.1) is 0 Å². The van der Waals surface area contributed by atoms with Gasteiger partial charge >= 0.3 is 11.8 Å². The molecular weight excluding hydrogens is 392 g/mol. The van der Waals surface area contributed by atoms with Gasteiger partial charge in [0, 0.05) is 12.7 Å². The van der Waals surface area contributed by atoms with Crippen molar-refractivity contribution in [3.05, 3.63) is 47.6 Å². The third-order valence-corrected chi connectivity index (χ3v) is 7.06. The zero-order chi connectivity index (χ0) is 19.3. The van der Waals surface area contributed by atoms with Gasteiger partial charge in [0.05, 0.1) is 25.4 Å². The van der Waals surface area contributed by atoms with Gasteiger partial charge in [-0.25, -0.2) is 8.42 Å². The lowest BCUT2D eigenvalue weighted by molar-refractivity contribution is -0.139. The van der Waals surface area contributed by atoms with Gasteiger partial charge in [0.2, 0.25) is 0 Å². The van der Waals surface area contributed by atoms with Crippen molar-refractivity contribution < 1.29 is 22.7 Å². The number of hydrogen-bond donors (Lipinski definition) is 2. The summed E-state index contributed by atoms with van der Waals surface area (Å²) in [6.07, 6.45) is 0.728. The number of carbonyl (C=O) groups is 2. The van der Waals surface area contributed by atoms with Crippen LogP contribution in [0.1, 0.15) is 5.69 Å². The molecule has 3 rings (SSSR count). The highest BCUT2D eigenvalue weighted by atomic mass is 32.2. The molecule has 1 fully saturated rings. The summed E-state index contributed by atoms with van der Waals surface area (Å²) in [5, 5.41) is 6.54. The first-order chi connectivity index (χ1) is 13.0. The van der Waals surface area contributed by atoms with Crippen molar-refractivity contribution in [3.8, 4) is 0 Å². The quantitative estimate of drug-likeness (QED) is 0.644. The van der Waals surface area contributed by atoms with Crippen LogP contribution in [-0.2, 0) is 30.9 Å². The molecule has 2 aromatic heterocycles. The number of rotatable bonds is 6. The van der Waals surface area contributed by atoms with E-state index in [2.05, 4.69) is 15.6 Å². The van der Waals surface area contributed by atoms with Crippen LogP contribution in [0.2, 0.25) is 0 Å². The molecule has 2 amide bonds. The van der Waals surface area contributed by atoms with Gasteiger partial charge in [-0.2, -0.15) is 4.31 Å². The summed E-state index contributed by atoms with van der Waals surface area (Å²) in [5.41, 5.74) is 0.617. The first-order valence-corrected chi connectivity index (χ1v) is 10.4. The molecular formula is C16H18N4O5S2. The second-order valence-electron chi connectivity index (χ2n) is 5.59. The Kier molecular flexibility index (Phi) is 6.16. The molecule has 0 spiro atoms. The molecule has 0 aliphatic carbocycles. The summed E-state index contributed by atoms with van der Waals surface area (Å²) in [6, 6.07) is 8.40. The minimum Gasteiger partial charge on any atom is -0.359 e. The predicted octanol–water partition coefficient (Wildman–Crippen LogP) is -0.0773. The fraction of sp³-hybridized carbons (Fsp3) is 0.312. The van der Waals surface area contributed by atoms with Crippen molar-refractivity contribution >= 4 is 33.2 Å². The Bertz CT molecular complexity index is 887. The van der Waals surface area contributed by atoms with Crippen LogP contribution < -0.4 is 10.6 Å². The molecule has 3 heterocycles. The number of nitrogens with one attached hydrogen (secondary N) is 2. The van der Waals surface area contributed by atoms with E-state index in [9.17, 15) is 18.0 Å². The van der Waals surface area contributed by atoms with Gasteiger partial charge in [-0.05, 0) is 23.6 Å². The van der Waals surface area contributed by atoms with E-state index >= 15 is 0 Å². The minimum absolute atomic E-state index is 0.117. The molecule has 1 aliphatic heterocycles. The van der Waals surface area contributed by atoms with Crippen LogP contribution in [0.5, 0.6) is 0 Å². The SMILES string of the molecule is O=C(NCc1ccccn1)C(=O)NCC1OCCN1S(=O)(=O)c1cccs1. The van der Waals surface area contributed by atoms with Gasteiger partial charge in [0.25, 0.3) is 10.0 Å². The van der Waals surface area contributed by atoms with E-state index in [4.69, 9.17) is 4.74 Å². The summed E-state index contributed by atoms with van der Waals surface area (Å²) in [7, 11) is -3.69. The normalized spacial score (nSPS) is 17.6. The summed E-state index contributed by atoms with van der Waals surface area (Å²) in [6.45, 7) is 0.399. The number of thiophene rings is 1. The van der Waals surface area contributed by atoms with Gasteiger partial charge in [-0.15, -0.1) is 11.3 Å². The average Bonchev–Trinajstić information content (AvgIpc) is 3.37. The summed E-state index contributed by atoms with van der Waals surface area (Å²) in [5.74, 6) is -1.69. The van der Waals surface area contributed by atoms with Crippen molar-refractivity contribution in [2.24, 2.45) is 0 Å². The third-order valence-electron chi connectivity index (χ3n) is 3.80. The molecule has 2 aromatic rings. The lowest BCUT2D eigenvalue weighted by Gasteiger charge is -2.22. The Balaban J connectivity index is 1.52. The van der Waals surface area contributed by atoms with Gasteiger partial charge in [0.1, 0.15) is 10.4 Å². The monoisotopic (exact) mass is 410 g/mol. The van der Waals surface area contributed by atoms with E-state index in [-0.39, 0.29) is 30.5 Å². The molecule has 9 nitrogen and oxygen atoms in total. The van der Waals surface area contributed by atoms with Gasteiger partial charge in [-0.3, -0.25) is 14.6 Å². The first-order valence-electron chi connectivity index (χ1n) is 8.11. The molecule has 1 aliphatic rings. The Morgan fingerprint density at radius 2 is 2.04 bits per heavy atom. The second kappa shape index (κ2) is 8.57. The van der Waals surface area contributed by atoms with E-state index in [1.807, 2.05) is 0 Å². The van der Waals surface area contributed by atoms with Crippen LogP contribution in [0.15, 0.2) is 46.1 Å². The molecule has 27 heavy (non-hydrogen) atoms. The Morgan fingerprint density at radius 3 is 2.74 bits per heavy atom. The van der Waals surface area contributed by atoms with E-state index in [1.165, 1.54) is 10.4 Å². The van der Waals surface area contributed by atoms with Gasteiger partial charge in [-0.1, -0.05) is 12.1 Å². The number of nitrogens with zero attached hydrogens (tertiary/aromatic N) is 2. The standard InChI is InChI=1S/C16H18N4O5S2/c21-15(18-10-12-4-1-2-6-17-12)16(22)19-11-13-20(7-8-25-13)27(23,24)14-5-3-9-26-14/h1-6,9,13H,7-8,10-11H2,(H,18,21)(H,19,22). The van der Waals surface area contributed by atoms with Crippen LogP contribution in [0.4, 0.5) is 0 Å². The summed E-state index contributed by atoms with van der Waals surface area (Å²) >= 11 is 1.11. The maximum absolute atomic E-state index is 12.6. The number of aromatic nitrogens is 1. The minimum atomic E-state index is -3.69. The third kappa shape index (κ3) is 4.69. The Morgan fingerprint density at radius 1 is 1.22 bits per heavy atom. The van der Waals surface area contributed by atoms with Crippen LogP contribution in [-0.4, -0.2) is 55.4 Å². The average molecular weight is 410 g/mol. The molecule has 0 aromatic carbocycles. The zero-order valence-corrected chi connectivity index (χ0v) is 15.8. The summed E-state index contributed by atoms with van der Waals surface area (Å²) in [4.78, 5) is 27.8. The molecule has 0 radical (unpaired) electrons. The van der Waals surface area contributed by atoms with Crippen molar-refractivity contribution in [2.45, 2.75) is 17.0 Å². The highest BCUT2D eigenvalue weighted by molar-refractivity contribution is 7.91. The van der Waals surface area contributed by atoms with E-state index in [1.54, 1.807) is 35.8 Å². The zero-order valence-electron chi connectivity index (χ0n) is 14.2. The van der Waals surface area contributed by atoms with Crippen LogP contribution in [0.25, 0.3) is 0 Å². The maximum Gasteiger partial charge on any atom is 0.309 e. The van der Waals surface area contributed by atoms with Crippen molar-refractivity contribution in [3.63, 3.8) is 0 Å². The van der Waals surface area contributed by atoms with Crippen molar-refractivity contribution in [2.75, 3.05) is 19.7 Å². The lowest BCUT2D eigenvalue weighted by Crippen LogP contribution is -2.47. The highest BCUT2D eigenvalue weighted by Gasteiger charge is 2.37. The lowest BCUT2D eigenvalue weighted by atomic mass is 10.3. The summed E-state index contributed by atoms with van der Waals surface area (Å²) < 4.78 is 32.0. The number of pyridine rings is 1. The van der Waals surface area contributed by atoms with E-state index in [0.29, 0.717) is 5.69 Å². The number of sulfonamides is 1. The fourth-order valence-electron chi connectivity index (χ4n) is 2.48. The predicted molar refractivity (Wildman–Crippen MR) is 97.0 cm³/mol. The highest BCUT2D eigenvalue weighted by Crippen LogP contribution is 2.25. The smallest absolute Gasteiger partial charge is 0.309 e. The molecule has 1 unspecified atom stereocenters. The van der Waals surface area contributed by atoms with E-state index in [0.717, 1.165) is 11.3 Å². The van der Waals surface area contributed by atoms with E-state index < -0.39 is 28.1 Å². The van der Waals surface area contributed by atoms with Gasteiger partial charge < -0.3 is 15.4 Å². The van der Waals surface area contributed by atoms with Gasteiger partial charge in [0.15, 0.2) is 0 Å². The molecule has 144 valence electrons. The number of amides is 2. The molecule has 2 N–H and O–H groups in total. The number of carbonyl (C=O) groups excluding carboxylic acids is 2. The first kappa shape index (κ1) is 19.4. The largest absolute Gasteiger partial charge is 0.359 e. The molecule has 1 saturated heterocycles. The Hall–Kier alpha value is -2.34. The Labute approximate surface area is 160 Å². The second-order valence-corrected chi connectivity index (χ2v) is 8.65. The molecule has 0 bridgehead atoms. The van der Waals surface area contributed by atoms with Crippen molar-refractivity contribution in [1.82, 2.24) is 19.9 Å². The number of hydrogen-bond acceptors (Lipinski definition) is 7. The fourth-order valence-corrected chi connectivity index (χ4v) is 5.11. The van der Waals surface area contributed by atoms with Crippen molar-refractivity contribution in [1.29, 1.82) is 0 Å². The topological polar surface area (TPSA) is 118 Å². The maximum atomic E-state index is 12.6. The number of ether oxygens (including phenoxy) is 1. The molecule has 0 saturated carbocycles. The van der Waals surface area contributed by atoms with Crippen LogP contribution in [0.3, 0.4) is 0 Å². The molecule has 11 heteroatoms.